The fourth-order valence-electron chi connectivity index (χ4n) is 1.25. The van der Waals surface area contributed by atoms with Gasteiger partial charge in [-0.05, 0) is 26.7 Å². The Bertz CT molecular complexity index is 408. The molecule has 0 aliphatic heterocycles. The summed E-state index contributed by atoms with van der Waals surface area (Å²) in [5.41, 5.74) is 0.468. The van der Waals surface area contributed by atoms with Crippen LogP contribution >= 0.6 is 0 Å². The van der Waals surface area contributed by atoms with E-state index in [2.05, 4.69) is 13.2 Å². The van der Waals surface area contributed by atoms with Crippen molar-refractivity contribution in [1.82, 2.24) is 0 Å². The zero-order valence-electron chi connectivity index (χ0n) is 16.1. The summed E-state index contributed by atoms with van der Waals surface area (Å²) in [6.45, 7) is 9.45. The first-order valence-corrected chi connectivity index (χ1v) is 8.46. The van der Waals surface area contributed by atoms with Crippen LogP contribution in [-0.4, -0.2) is 84.2 Å². The van der Waals surface area contributed by atoms with Gasteiger partial charge in [-0.15, -0.1) is 0 Å². The van der Waals surface area contributed by atoms with Gasteiger partial charge in [0.2, 0.25) is 0 Å². The maximum Gasteiger partial charge on any atom is 0.333 e. The van der Waals surface area contributed by atoms with Crippen LogP contribution in [0, 0.1) is 0 Å². The molecule has 0 aromatic carbocycles. The van der Waals surface area contributed by atoms with Crippen LogP contribution in [0.4, 0.5) is 0 Å². The highest BCUT2D eigenvalue weighted by molar-refractivity contribution is 5.87. The number of aliphatic hydroxyl groups excluding tert-OH is 4. The summed E-state index contributed by atoms with van der Waals surface area (Å²) in [5, 5.41) is 35.1. The Labute approximate surface area is 159 Å². The highest BCUT2D eigenvalue weighted by atomic mass is 16.6. The Kier molecular flexibility index (Phi) is 17.9. The van der Waals surface area contributed by atoms with Crippen molar-refractivity contribution in [3.8, 4) is 0 Å². The first-order valence-electron chi connectivity index (χ1n) is 8.46. The van der Waals surface area contributed by atoms with Gasteiger partial charge >= 0.3 is 11.9 Å². The van der Waals surface area contributed by atoms with Crippen molar-refractivity contribution >= 4 is 11.9 Å². The maximum absolute atomic E-state index is 11.1. The van der Waals surface area contributed by atoms with Crippen molar-refractivity contribution in [3.63, 3.8) is 0 Å². The van der Waals surface area contributed by atoms with E-state index < -0.39 is 24.1 Å². The second-order valence-corrected chi connectivity index (χ2v) is 5.76. The highest BCUT2D eigenvalue weighted by Gasteiger charge is 2.12. The van der Waals surface area contributed by atoms with E-state index in [1.807, 2.05) is 0 Å². The zero-order chi connectivity index (χ0) is 21.2. The van der Waals surface area contributed by atoms with Crippen LogP contribution in [0.25, 0.3) is 0 Å². The minimum absolute atomic E-state index is 0.130. The molecule has 0 spiro atoms. The smallest absolute Gasteiger partial charge is 0.333 e. The third-order valence-corrected chi connectivity index (χ3v) is 2.70. The first-order chi connectivity index (χ1) is 12.6. The number of esters is 2. The van der Waals surface area contributed by atoms with Gasteiger partial charge in [0, 0.05) is 24.4 Å². The van der Waals surface area contributed by atoms with E-state index >= 15 is 0 Å². The Morgan fingerprint density at radius 1 is 0.778 bits per heavy atom. The Hall–Kier alpha value is -1.78. The predicted octanol–water partition coefficient (Wildman–Crippen LogP) is -0.285. The van der Waals surface area contributed by atoms with Crippen molar-refractivity contribution in [2.24, 2.45) is 0 Å². The topological polar surface area (TPSA) is 143 Å². The monoisotopic (exact) mass is 392 g/mol. The van der Waals surface area contributed by atoms with Crippen LogP contribution < -0.4 is 0 Å². The molecular formula is C18H32O9. The summed E-state index contributed by atoms with van der Waals surface area (Å²) in [5.74, 6) is -1.19. The van der Waals surface area contributed by atoms with Crippen molar-refractivity contribution in [2.45, 2.75) is 38.9 Å². The van der Waals surface area contributed by atoms with Gasteiger partial charge < -0.3 is 34.6 Å². The fraction of sp³-hybridized carbons (Fsp3) is 0.667. The van der Waals surface area contributed by atoms with Crippen molar-refractivity contribution in [1.29, 1.82) is 0 Å². The number of carbonyl (C=O) groups excluding carboxylic acids is 2. The van der Waals surface area contributed by atoms with Crippen LogP contribution in [0.15, 0.2) is 24.3 Å². The molecule has 0 saturated heterocycles. The number of hydrogen-bond acceptors (Lipinski definition) is 9. The third kappa shape index (κ3) is 18.8. The summed E-state index contributed by atoms with van der Waals surface area (Å²) in [6, 6.07) is 0. The SMILES string of the molecule is C=C(C)C(=O)OCC(O)COCC(O)COC(=O)C(=C)C.OCCCCO. The number of aliphatic hydroxyl groups is 4. The molecule has 2 unspecified atom stereocenters. The van der Waals surface area contributed by atoms with Crippen LogP contribution in [-0.2, 0) is 23.8 Å². The number of carbonyl (C=O) groups is 2. The van der Waals surface area contributed by atoms with Gasteiger partial charge in [-0.2, -0.15) is 0 Å². The standard InChI is InChI=1S/C14H22O7.C4H10O2/c1-9(2)13(17)20-7-11(15)5-19-6-12(16)8-21-14(18)10(3)4;5-3-1-2-4-6/h11-12,15-16H,1,3,5-8H2,2,4H3;5-6H,1-4H2. The molecule has 0 fully saturated rings. The molecule has 4 N–H and O–H groups in total. The second-order valence-electron chi connectivity index (χ2n) is 5.76. The highest BCUT2D eigenvalue weighted by Crippen LogP contribution is 1.97. The molecule has 2 atom stereocenters. The lowest BCUT2D eigenvalue weighted by atomic mass is 10.3. The van der Waals surface area contributed by atoms with Crippen LogP contribution in [0.5, 0.6) is 0 Å². The lowest BCUT2D eigenvalue weighted by molar-refractivity contribution is -0.144. The van der Waals surface area contributed by atoms with Crippen molar-refractivity contribution in [2.75, 3.05) is 39.6 Å². The van der Waals surface area contributed by atoms with E-state index in [4.69, 9.17) is 24.4 Å². The molecule has 0 aromatic rings. The van der Waals surface area contributed by atoms with Crippen molar-refractivity contribution in [3.05, 3.63) is 24.3 Å². The summed E-state index contributed by atoms with van der Waals surface area (Å²) < 4.78 is 14.5. The van der Waals surface area contributed by atoms with E-state index in [9.17, 15) is 19.8 Å². The molecule has 0 saturated carbocycles. The normalized spacial score (nSPS) is 12.2. The molecule has 0 amide bonds. The van der Waals surface area contributed by atoms with Gasteiger partial charge in [0.25, 0.3) is 0 Å². The number of hydrogen-bond donors (Lipinski definition) is 4. The van der Waals surface area contributed by atoms with E-state index in [0.29, 0.717) is 0 Å². The lowest BCUT2D eigenvalue weighted by Crippen LogP contribution is -2.28. The Morgan fingerprint density at radius 2 is 1.11 bits per heavy atom. The Balaban J connectivity index is 0. The average molecular weight is 392 g/mol. The molecule has 0 heterocycles. The van der Waals surface area contributed by atoms with Gasteiger partial charge in [-0.1, -0.05) is 13.2 Å². The quantitative estimate of drug-likeness (QED) is 0.189. The van der Waals surface area contributed by atoms with E-state index in [-0.39, 0.29) is 50.8 Å². The van der Waals surface area contributed by atoms with Gasteiger partial charge in [-0.3, -0.25) is 0 Å². The van der Waals surface area contributed by atoms with Gasteiger partial charge in [0.05, 0.1) is 13.2 Å². The Morgan fingerprint density at radius 3 is 1.37 bits per heavy atom. The van der Waals surface area contributed by atoms with E-state index in [1.165, 1.54) is 13.8 Å². The molecule has 27 heavy (non-hydrogen) atoms. The van der Waals surface area contributed by atoms with Crippen LogP contribution in [0.3, 0.4) is 0 Å². The average Bonchev–Trinajstić information content (AvgIpc) is 2.62. The minimum Gasteiger partial charge on any atom is -0.460 e. The largest absolute Gasteiger partial charge is 0.460 e. The fourth-order valence-corrected chi connectivity index (χ4v) is 1.25. The van der Waals surface area contributed by atoms with Crippen LogP contribution in [0.2, 0.25) is 0 Å². The first kappa shape index (κ1) is 27.4. The molecule has 0 aliphatic rings. The second kappa shape index (κ2) is 17.6. The molecule has 0 radical (unpaired) electrons. The molecule has 9 nitrogen and oxygen atoms in total. The molecular weight excluding hydrogens is 360 g/mol. The summed E-state index contributed by atoms with van der Waals surface area (Å²) in [6.07, 6.45) is -0.593. The third-order valence-electron chi connectivity index (χ3n) is 2.70. The molecule has 0 aliphatic carbocycles. The predicted molar refractivity (Wildman–Crippen MR) is 97.8 cm³/mol. The van der Waals surface area contributed by atoms with Gasteiger partial charge in [0.15, 0.2) is 0 Å². The molecule has 0 aromatic heterocycles. The number of ether oxygens (including phenoxy) is 3. The van der Waals surface area contributed by atoms with E-state index in [1.54, 1.807) is 0 Å². The number of unbranched alkanes of at least 4 members (excludes halogenated alkanes) is 1. The summed E-state index contributed by atoms with van der Waals surface area (Å²) in [4.78, 5) is 22.1. The van der Waals surface area contributed by atoms with E-state index in [0.717, 1.165) is 12.8 Å². The molecule has 158 valence electrons. The van der Waals surface area contributed by atoms with Crippen molar-refractivity contribution < 1.29 is 44.2 Å². The molecule has 0 bridgehead atoms. The van der Waals surface area contributed by atoms with Gasteiger partial charge in [-0.25, -0.2) is 9.59 Å². The lowest BCUT2D eigenvalue weighted by Gasteiger charge is -2.14. The number of rotatable bonds is 13. The summed E-state index contributed by atoms with van der Waals surface area (Å²) >= 11 is 0. The van der Waals surface area contributed by atoms with Crippen LogP contribution in [0.1, 0.15) is 26.7 Å². The summed E-state index contributed by atoms with van der Waals surface area (Å²) in [7, 11) is 0. The zero-order valence-corrected chi connectivity index (χ0v) is 16.1. The van der Waals surface area contributed by atoms with Gasteiger partial charge in [0.1, 0.15) is 25.4 Å². The molecule has 0 rings (SSSR count). The maximum atomic E-state index is 11.1. The molecule has 9 heteroatoms. The minimum atomic E-state index is -1.02.